The average Bonchev–Trinajstić information content (AvgIpc) is 2.70. The largest absolute Gasteiger partial charge is 0.496 e. The van der Waals surface area contributed by atoms with E-state index in [0.29, 0.717) is 23.5 Å². The van der Waals surface area contributed by atoms with E-state index in [9.17, 15) is 9.90 Å². The molecule has 27 heavy (non-hydrogen) atoms. The number of aliphatic hydroxyl groups excluding tert-OH is 1. The van der Waals surface area contributed by atoms with Crippen molar-refractivity contribution < 1.29 is 19.4 Å². The van der Waals surface area contributed by atoms with E-state index in [-0.39, 0.29) is 21.8 Å². The number of rotatable bonds is 5. The van der Waals surface area contributed by atoms with Crippen molar-refractivity contribution in [1.29, 1.82) is 0 Å². The van der Waals surface area contributed by atoms with Crippen LogP contribution in [0.25, 0.3) is 0 Å². The number of hydrogen-bond acceptors (Lipinski definition) is 5. The van der Waals surface area contributed by atoms with Crippen LogP contribution < -0.4 is 10.1 Å². The van der Waals surface area contributed by atoms with Gasteiger partial charge < -0.3 is 19.9 Å². The van der Waals surface area contributed by atoms with Crippen molar-refractivity contribution in [2.45, 2.75) is 31.5 Å². The number of pyridine rings is 1. The van der Waals surface area contributed by atoms with Crippen LogP contribution in [0.3, 0.4) is 0 Å². The van der Waals surface area contributed by atoms with Crippen molar-refractivity contribution in [2.75, 3.05) is 19.0 Å². The fourth-order valence-corrected chi connectivity index (χ4v) is 3.50. The first-order valence-electron chi connectivity index (χ1n) is 8.59. The van der Waals surface area contributed by atoms with E-state index in [1.54, 1.807) is 18.2 Å². The Morgan fingerprint density at radius 3 is 2.70 bits per heavy atom. The first-order chi connectivity index (χ1) is 13.0. The van der Waals surface area contributed by atoms with Gasteiger partial charge in [0.05, 0.1) is 28.9 Å². The molecule has 1 aliphatic heterocycles. The average molecular weight is 411 g/mol. The second-order valence-corrected chi connectivity index (χ2v) is 7.05. The van der Waals surface area contributed by atoms with Crippen LogP contribution >= 0.6 is 23.2 Å². The summed E-state index contributed by atoms with van der Waals surface area (Å²) in [6.45, 7) is 0.614. The molecule has 0 bridgehead atoms. The lowest BCUT2D eigenvalue weighted by molar-refractivity contribution is -0.0639. The monoisotopic (exact) mass is 410 g/mol. The van der Waals surface area contributed by atoms with Crippen LogP contribution in [0.15, 0.2) is 30.6 Å². The second kappa shape index (κ2) is 8.89. The van der Waals surface area contributed by atoms with Gasteiger partial charge in [-0.15, -0.1) is 0 Å². The number of ether oxygens (including phenoxy) is 2. The molecule has 0 aliphatic carbocycles. The van der Waals surface area contributed by atoms with Crippen LogP contribution in [0, 0.1) is 0 Å². The van der Waals surface area contributed by atoms with E-state index in [2.05, 4.69) is 10.3 Å². The van der Waals surface area contributed by atoms with Gasteiger partial charge in [-0.2, -0.15) is 0 Å². The third-order valence-corrected chi connectivity index (χ3v) is 5.04. The summed E-state index contributed by atoms with van der Waals surface area (Å²) < 4.78 is 11.0. The molecule has 1 aliphatic rings. The molecule has 8 heteroatoms. The van der Waals surface area contributed by atoms with Gasteiger partial charge >= 0.3 is 0 Å². The summed E-state index contributed by atoms with van der Waals surface area (Å²) in [7, 11) is 1.52. The lowest BCUT2D eigenvalue weighted by Crippen LogP contribution is -2.27. The standard InChI is InChI=1S/C19H20Cl2N2O4/c1-26-15-6-5-11(8-12(15)18(24)16-4-2-3-7-27-16)19(25)23-17-13(20)9-22-10-14(17)21/h5-6,8-10,16,18,24H,2-4,7H2,1H3,(H,22,23,25). The van der Waals surface area contributed by atoms with Crippen LogP contribution in [0.2, 0.25) is 10.0 Å². The molecule has 2 N–H and O–H groups in total. The van der Waals surface area contributed by atoms with Gasteiger partial charge in [-0.3, -0.25) is 9.78 Å². The molecular formula is C19H20Cl2N2O4. The Kier molecular flexibility index (Phi) is 6.55. The van der Waals surface area contributed by atoms with Gasteiger partial charge in [0.1, 0.15) is 11.9 Å². The SMILES string of the molecule is COc1ccc(C(=O)Nc2c(Cl)cncc2Cl)cc1C(O)C1CCCCO1. The van der Waals surface area contributed by atoms with Gasteiger partial charge in [0.25, 0.3) is 5.91 Å². The number of hydrogen-bond donors (Lipinski definition) is 2. The summed E-state index contributed by atoms with van der Waals surface area (Å²) in [5, 5.41) is 13.9. The predicted octanol–water partition coefficient (Wildman–Crippen LogP) is 4.25. The zero-order valence-corrected chi connectivity index (χ0v) is 16.3. The number of nitrogens with zero attached hydrogens (tertiary/aromatic N) is 1. The molecule has 1 saturated heterocycles. The van der Waals surface area contributed by atoms with E-state index in [0.717, 1.165) is 19.3 Å². The normalized spacial score (nSPS) is 18.0. The summed E-state index contributed by atoms with van der Waals surface area (Å²) in [6.07, 6.45) is 4.30. The van der Waals surface area contributed by atoms with Crippen LogP contribution in [-0.4, -0.2) is 35.8 Å². The van der Waals surface area contributed by atoms with E-state index >= 15 is 0 Å². The van der Waals surface area contributed by atoms with E-state index in [4.69, 9.17) is 32.7 Å². The zero-order chi connectivity index (χ0) is 19.4. The molecule has 0 spiro atoms. The molecule has 2 atom stereocenters. The molecule has 6 nitrogen and oxygen atoms in total. The number of nitrogens with one attached hydrogen (secondary N) is 1. The van der Waals surface area contributed by atoms with Crippen molar-refractivity contribution >= 4 is 34.8 Å². The maximum absolute atomic E-state index is 12.7. The smallest absolute Gasteiger partial charge is 0.255 e. The van der Waals surface area contributed by atoms with E-state index < -0.39 is 12.0 Å². The number of carbonyl (C=O) groups excluding carboxylic acids is 1. The van der Waals surface area contributed by atoms with Gasteiger partial charge in [-0.05, 0) is 37.5 Å². The molecule has 1 aromatic carbocycles. The Balaban J connectivity index is 1.86. The first-order valence-corrected chi connectivity index (χ1v) is 9.35. The summed E-state index contributed by atoms with van der Waals surface area (Å²) in [5.41, 5.74) is 1.13. The summed E-state index contributed by atoms with van der Waals surface area (Å²) in [4.78, 5) is 16.5. The number of benzene rings is 1. The summed E-state index contributed by atoms with van der Waals surface area (Å²) >= 11 is 12.1. The van der Waals surface area contributed by atoms with Gasteiger partial charge in [0.2, 0.25) is 0 Å². The molecule has 1 fully saturated rings. The van der Waals surface area contributed by atoms with Gasteiger partial charge in [0.15, 0.2) is 0 Å². The molecule has 1 amide bonds. The molecule has 1 aromatic heterocycles. The fraction of sp³-hybridized carbons (Fsp3) is 0.368. The Bertz CT molecular complexity index is 805. The van der Waals surface area contributed by atoms with Crippen molar-refractivity contribution in [1.82, 2.24) is 4.98 Å². The van der Waals surface area contributed by atoms with Crippen molar-refractivity contribution in [2.24, 2.45) is 0 Å². The minimum atomic E-state index is -0.888. The number of carbonyl (C=O) groups is 1. The minimum absolute atomic E-state index is 0.236. The third-order valence-electron chi connectivity index (χ3n) is 4.47. The number of aromatic nitrogens is 1. The highest BCUT2D eigenvalue weighted by Crippen LogP contribution is 2.34. The number of methoxy groups -OCH3 is 1. The molecular weight excluding hydrogens is 391 g/mol. The topological polar surface area (TPSA) is 80.7 Å². The molecule has 144 valence electrons. The van der Waals surface area contributed by atoms with Gasteiger partial charge in [-0.1, -0.05) is 23.2 Å². The molecule has 2 aromatic rings. The van der Waals surface area contributed by atoms with Crippen LogP contribution in [0.5, 0.6) is 5.75 Å². The highest BCUT2D eigenvalue weighted by Gasteiger charge is 2.27. The quantitative estimate of drug-likeness (QED) is 0.769. The molecule has 2 unspecified atom stereocenters. The van der Waals surface area contributed by atoms with E-state index in [1.165, 1.54) is 19.5 Å². The maximum Gasteiger partial charge on any atom is 0.255 e. The number of halogens is 2. The predicted molar refractivity (Wildman–Crippen MR) is 104 cm³/mol. The lowest BCUT2D eigenvalue weighted by Gasteiger charge is -2.28. The lowest BCUT2D eigenvalue weighted by atomic mass is 9.96. The second-order valence-electron chi connectivity index (χ2n) is 6.24. The maximum atomic E-state index is 12.7. The summed E-state index contributed by atoms with van der Waals surface area (Å²) in [6, 6.07) is 4.85. The molecule has 3 rings (SSSR count). The Hall–Kier alpha value is -1.86. The Morgan fingerprint density at radius 2 is 2.07 bits per heavy atom. The van der Waals surface area contributed by atoms with Crippen LogP contribution in [-0.2, 0) is 4.74 Å². The molecule has 0 saturated carbocycles. The van der Waals surface area contributed by atoms with Crippen LogP contribution in [0.4, 0.5) is 5.69 Å². The van der Waals surface area contributed by atoms with Crippen LogP contribution in [0.1, 0.15) is 41.3 Å². The number of amides is 1. The van der Waals surface area contributed by atoms with Gasteiger partial charge in [-0.25, -0.2) is 0 Å². The molecule has 0 radical (unpaired) electrons. The Labute approximate surface area is 167 Å². The van der Waals surface area contributed by atoms with Crippen molar-refractivity contribution in [3.63, 3.8) is 0 Å². The van der Waals surface area contributed by atoms with Crippen molar-refractivity contribution in [3.8, 4) is 5.75 Å². The highest BCUT2D eigenvalue weighted by atomic mass is 35.5. The Morgan fingerprint density at radius 1 is 1.33 bits per heavy atom. The zero-order valence-electron chi connectivity index (χ0n) is 14.7. The van der Waals surface area contributed by atoms with Gasteiger partial charge in [0, 0.05) is 30.1 Å². The van der Waals surface area contributed by atoms with E-state index in [1.807, 2.05) is 0 Å². The fourth-order valence-electron chi connectivity index (χ4n) is 3.04. The molecule has 2 heterocycles. The highest BCUT2D eigenvalue weighted by molar-refractivity contribution is 6.39. The number of aliphatic hydroxyl groups is 1. The summed E-state index contributed by atoms with van der Waals surface area (Å²) in [5.74, 6) is 0.0823. The number of anilines is 1. The minimum Gasteiger partial charge on any atom is -0.496 e. The third kappa shape index (κ3) is 4.52. The van der Waals surface area contributed by atoms with Crippen molar-refractivity contribution in [3.05, 3.63) is 51.8 Å². The first kappa shape index (κ1) is 19.9.